The molecule has 0 aliphatic carbocycles. The maximum atomic E-state index is 13.0. The minimum absolute atomic E-state index is 0.187. The lowest BCUT2D eigenvalue weighted by molar-refractivity contribution is 0.102. The number of rotatable bonds is 3. The molecule has 0 spiro atoms. The number of pyridine rings is 1. The van der Waals surface area contributed by atoms with Crippen molar-refractivity contribution in [3.8, 4) is 5.69 Å². The molecule has 4 aromatic rings. The highest BCUT2D eigenvalue weighted by molar-refractivity contribution is 6.32. The third kappa shape index (κ3) is 3.49. The molecule has 4 rings (SSSR count). The summed E-state index contributed by atoms with van der Waals surface area (Å²) < 4.78 is 1.87. The van der Waals surface area contributed by atoms with Gasteiger partial charge in [0.15, 0.2) is 5.65 Å². The Bertz CT molecular complexity index is 1240. The van der Waals surface area contributed by atoms with Crippen molar-refractivity contribution < 1.29 is 4.79 Å². The van der Waals surface area contributed by atoms with Gasteiger partial charge in [0, 0.05) is 17.4 Å². The minimum atomic E-state index is -0.187. The van der Waals surface area contributed by atoms with Gasteiger partial charge in [-0.05, 0) is 69.2 Å². The second-order valence-electron chi connectivity index (χ2n) is 7.23. The van der Waals surface area contributed by atoms with Crippen molar-refractivity contribution >= 4 is 34.4 Å². The van der Waals surface area contributed by atoms with E-state index in [9.17, 15) is 4.79 Å². The minimum Gasteiger partial charge on any atom is -0.322 e. The number of nitrogens with one attached hydrogen (secondary N) is 1. The number of aryl methyl sites for hydroxylation is 4. The lowest BCUT2D eigenvalue weighted by atomic mass is 10.0. The van der Waals surface area contributed by atoms with Crippen molar-refractivity contribution in [3.05, 3.63) is 81.8 Å². The molecule has 2 heterocycles. The van der Waals surface area contributed by atoms with Crippen LogP contribution in [0.4, 0.5) is 5.69 Å². The molecule has 5 nitrogen and oxygen atoms in total. The number of hydrogen-bond acceptors (Lipinski definition) is 3. The molecule has 2 aromatic carbocycles. The first-order valence-electron chi connectivity index (χ1n) is 9.34. The second kappa shape index (κ2) is 7.33. The first-order chi connectivity index (χ1) is 13.8. The number of aromatic nitrogens is 3. The smallest absolute Gasteiger partial charge is 0.255 e. The highest BCUT2D eigenvalue weighted by Gasteiger charge is 2.16. The van der Waals surface area contributed by atoms with Crippen LogP contribution < -0.4 is 5.32 Å². The van der Waals surface area contributed by atoms with Gasteiger partial charge in [0.05, 0.1) is 10.7 Å². The Kier molecular flexibility index (Phi) is 4.84. The number of amides is 1. The van der Waals surface area contributed by atoms with Gasteiger partial charge >= 0.3 is 0 Å². The summed E-state index contributed by atoms with van der Waals surface area (Å²) in [6, 6.07) is 13.1. The first-order valence-corrected chi connectivity index (χ1v) is 9.72. The van der Waals surface area contributed by atoms with Gasteiger partial charge in [0.1, 0.15) is 11.3 Å². The normalized spacial score (nSPS) is 11.1. The van der Waals surface area contributed by atoms with E-state index in [1.165, 1.54) is 5.56 Å². The number of anilines is 1. The standard InChI is InChI=1S/C23H21ClN4O/c1-13-10-14(2)21(15(3)11-13)27-23(29)17-7-8-18(24)20(12-17)28-16(4)26-19-6-5-9-25-22(19)28/h5-12H,1-4H3,(H,27,29). The molecule has 1 amide bonds. The van der Waals surface area contributed by atoms with Gasteiger partial charge in [-0.3, -0.25) is 9.36 Å². The third-order valence-corrected chi connectivity index (χ3v) is 5.27. The van der Waals surface area contributed by atoms with Crippen LogP contribution in [0, 0.1) is 27.7 Å². The summed E-state index contributed by atoms with van der Waals surface area (Å²) in [4.78, 5) is 22.0. The van der Waals surface area contributed by atoms with E-state index < -0.39 is 0 Å². The predicted octanol–water partition coefficient (Wildman–Crippen LogP) is 5.56. The van der Waals surface area contributed by atoms with Crippen molar-refractivity contribution in [1.82, 2.24) is 14.5 Å². The molecule has 29 heavy (non-hydrogen) atoms. The molecule has 2 aromatic heterocycles. The lowest BCUT2D eigenvalue weighted by Crippen LogP contribution is -2.14. The third-order valence-electron chi connectivity index (χ3n) is 4.95. The maximum absolute atomic E-state index is 13.0. The number of carbonyl (C=O) groups excluding carboxylic acids is 1. The molecule has 146 valence electrons. The molecule has 6 heteroatoms. The zero-order valence-corrected chi connectivity index (χ0v) is 17.5. The molecule has 0 unspecified atom stereocenters. The monoisotopic (exact) mass is 404 g/mol. The molecular formula is C23H21ClN4O. The molecular weight excluding hydrogens is 384 g/mol. The molecule has 0 radical (unpaired) electrons. The number of imidazole rings is 1. The Balaban J connectivity index is 1.76. The van der Waals surface area contributed by atoms with Crippen molar-refractivity contribution in [1.29, 1.82) is 0 Å². The van der Waals surface area contributed by atoms with E-state index in [-0.39, 0.29) is 5.91 Å². The van der Waals surface area contributed by atoms with Crippen LogP contribution in [0.15, 0.2) is 48.7 Å². The molecule has 0 bridgehead atoms. The fourth-order valence-corrected chi connectivity index (χ4v) is 3.90. The van der Waals surface area contributed by atoms with Crippen LogP contribution in [0.3, 0.4) is 0 Å². The van der Waals surface area contributed by atoms with Gasteiger partial charge in [0.2, 0.25) is 0 Å². The number of halogens is 1. The van der Waals surface area contributed by atoms with Gasteiger partial charge in [-0.1, -0.05) is 29.3 Å². The quantitative estimate of drug-likeness (QED) is 0.486. The SMILES string of the molecule is Cc1cc(C)c(NC(=O)c2ccc(Cl)c(-n3c(C)nc4cccnc43)c2)c(C)c1. The summed E-state index contributed by atoms with van der Waals surface area (Å²) in [5.74, 6) is 0.566. The Morgan fingerprint density at radius 1 is 1.03 bits per heavy atom. The van der Waals surface area contributed by atoms with E-state index in [4.69, 9.17) is 11.6 Å². The van der Waals surface area contributed by atoms with Gasteiger partial charge in [0.25, 0.3) is 5.91 Å². The number of benzene rings is 2. The summed E-state index contributed by atoms with van der Waals surface area (Å²) in [7, 11) is 0. The largest absolute Gasteiger partial charge is 0.322 e. The zero-order valence-electron chi connectivity index (χ0n) is 16.7. The highest BCUT2D eigenvalue weighted by atomic mass is 35.5. The topological polar surface area (TPSA) is 59.8 Å². The fourth-order valence-electron chi connectivity index (χ4n) is 3.70. The fraction of sp³-hybridized carbons (Fsp3) is 0.174. The second-order valence-corrected chi connectivity index (χ2v) is 7.64. The van der Waals surface area contributed by atoms with E-state index in [0.717, 1.165) is 28.2 Å². The van der Waals surface area contributed by atoms with Crippen molar-refractivity contribution in [2.24, 2.45) is 0 Å². The van der Waals surface area contributed by atoms with Crippen molar-refractivity contribution in [3.63, 3.8) is 0 Å². The van der Waals surface area contributed by atoms with Crippen LogP contribution in [-0.2, 0) is 0 Å². The van der Waals surface area contributed by atoms with Crippen LogP contribution in [0.25, 0.3) is 16.9 Å². The van der Waals surface area contributed by atoms with E-state index in [0.29, 0.717) is 21.9 Å². The van der Waals surface area contributed by atoms with Crippen LogP contribution in [-0.4, -0.2) is 20.4 Å². The van der Waals surface area contributed by atoms with Gasteiger partial charge < -0.3 is 5.32 Å². The van der Waals surface area contributed by atoms with E-state index >= 15 is 0 Å². The summed E-state index contributed by atoms with van der Waals surface area (Å²) >= 11 is 6.48. The van der Waals surface area contributed by atoms with Gasteiger partial charge in [-0.25, -0.2) is 9.97 Å². The van der Waals surface area contributed by atoms with Crippen LogP contribution in [0.2, 0.25) is 5.02 Å². The summed E-state index contributed by atoms with van der Waals surface area (Å²) in [6.07, 6.45) is 1.72. The molecule has 0 aliphatic heterocycles. The Morgan fingerprint density at radius 3 is 2.48 bits per heavy atom. The number of fused-ring (bicyclic) bond motifs is 1. The summed E-state index contributed by atoms with van der Waals surface area (Å²) in [6.45, 7) is 7.93. The Hall–Kier alpha value is -3.18. The van der Waals surface area contributed by atoms with E-state index in [1.807, 2.05) is 44.4 Å². The average molecular weight is 405 g/mol. The average Bonchev–Trinajstić information content (AvgIpc) is 3.00. The summed E-state index contributed by atoms with van der Waals surface area (Å²) in [5, 5.41) is 3.57. The van der Waals surface area contributed by atoms with E-state index in [1.54, 1.807) is 24.4 Å². The Morgan fingerprint density at radius 2 is 1.76 bits per heavy atom. The molecule has 0 atom stereocenters. The Labute approximate surface area is 174 Å². The molecule has 0 aliphatic rings. The molecule has 1 N–H and O–H groups in total. The zero-order chi connectivity index (χ0) is 20.7. The number of hydrogen-bond donors (Lipinski definition) is 1. The first kappa shape index (κ1) is 19.2. The number of carbonyl (C=O) groups is 1. The lowest BCUT2D eigenvalue weighted by Gasteiger charge is -2.14. The van der Waals surface area contributed by atoms with E-state index in [2.05, 4.69) is 27.4 Å². The van der Waals surface area contributed by atoms with Crippen LogP contribution >= 0.6 is 11.6 Å². The van der Waals surface area contributed by atoms with Gasteiger partial charge in [-0.15, -0.1) is 0 Å². The molecule has 0 saturated carbocycles. The highest BCUT2D eigenvalue weighted by Crippen LogP contribution is 2.28. The van der Waals surface area contributed by atoms with Crippen LogP contribution in [0.5, 0.6) is 0 Å². The number of nitrogens with zero attached hydrogens (tertiary/aromatic N) is 3. The summed E-state index contributed by atoms with van der Waals surface area (Å²) in [5.41, 5.74) is 6.74. The predicted molar refractivity (Wildman–Crippen MR) is 117 cm³/mol. The van der Waals surface area contributed by atoms with Crippen molar-refractivity contribution in [2.75, 3.05) is 5.32 Å². The maximum Gasteiger partial charge on any atom is 0.255 e. The molecule has 0 saturated heterocycles. The van der Waals surface area contributed by atoms with Crippen LogP contribution in [0.1, 0.15) is 32.9 Å². The van der Waals surface area contributed by atoms with Crippen molar-refractivity contribution in [2.45, 2.75) is 27.7 Å². The van der Waals surface area contributed by atoms with Gasteiger partial charge in [-0.2, -0.15) is 0 Å². The molecule has 0 fully saturated rings.